The third-order valence-electron chi connectivity index (χ3n) is 3.77. The van der Waals surface area contributed by atoms with Crippen molar-refractivity contribution in [3.8, 4) is 0 Å². The molecule has 0 aromatic heterocycles. The van der Waals surface area contributed by atoms with Crippen molar-refractivity contribution in [3.63, 3.8) is 0 Å². The van der Waals surface area contributed by atoms with E-state index in [1.165, 1.54) is 22.3 Å². The Balaban J connectivity index is 0.000000290. The number of benzene rings is 3. The van der Waals surface area contributed by atoms with Crippen molar-refractivity contribution in [2.24, 2.45) is 0 Å². The number of rotatable bonds is 4. The van der Waals surface area contributed by atoms with Crippen LogP contribution in [0.25, 0.3) is 11.6 Å². The Kier molecular flexibility index (Phi) is 8.45. The summed E-state index contributed by atoms with van der Waals surface area (Å²) in [4.78, 5) is 0. The van der Waals surface area contributed by atoms with Gasteiger partial charge in [-0.1, -0.05) is 127 Å². The van der Waals surface area contributed by atoms with Crippen LogP contribution in [0.15, 0.2) is 115 Å². The van der Waals surface area contributed by atoms with Crippen molar-refractivity contribution in [2.75, 3.05) is 0 Å². The molecule has 0 spiro atoms. The Morgan fingerprint density at radius 2 is 1.23 bits per heavy atom. The summed E-state index contributed by atoms with van der Waals surface area (Å²) in [7, 11) is 0. The lowest BCUT2D eigenvalue weighted by Gasteiger charge is -2.01. The van der Waals surface area contributed by atoms with E-state index in [9.17, 15) is 0 Å². The van der Waals surface area contributed by atoms with Crippen LogP contribution in [0.2, 0.25) is 0 Å². The van der Waals surface area contributed by atoms with Crippen LogP contribution >= 0.6 is 0 Å². The Morgan fingerprint density at radius 1 is 0.692 bits per heavy atom. The summed E-state index contributed by atoms with van der Waals surface area (Å²) in [6.45, 7) is 4.11. The fourth-order valence-corrected chi connectivity index (χ4v) is 2.36. The van der Waals surface area contributed by atoms with E-state index in [2.05, 4.69) is 91.9 Å². The minimum Gasteiger partial charge on any atom is -0.0876 e. The topological polar surface area (TPSA) is 0 Å². The molecule has 3 aromatic carbocycles. The van der Waals surface area contributed by atoms with E-state index >= 15 is 0 Å². The highest BCUT2D eigenvalue weighted by molar-refractivity contribution is 5.79. The average molecular weight is 338 g/mol. The van der Waals surface area contributed by atoms with E-state index < -0.39 is 0 Å². The molecule has 0 saturated heterocycles. The van der Waals surface area contributed by atoms with Gasteiger partial charge in [0, 0.05) is 0 Å². The summed E-state index contributed by atoms with van der Waals surface area (Å²) in [5.41, 5.74) is 4.97. The predicted molar refractivity (Wildman–Crippen MR) is 116 cm³/mol. The van der Waals surface area contributed by atoms with Gasteiger partial charge in [-0.2, -0.15) is 0 Å². The van der Waals surface area contributed by atoms with E-state index in [0.717, 1.165) is 0 Å². The summed E-state index contributed by atoms with van der Waals surface area (Å²) in [6, 6.07) is 31.0. The maximum atomic E-state index is 2.16. The first-order valence-electron chi connectivity index (χ1n) is 8.93. The van der Waals surface area contributed by atoms with Crippen molar-refractivity contribution >= 4 is 11.6 Å². The normalized spacial score (nSPS) is 11.4. The van der Waals surface area contributed by atoms with Crippen molar-refractivity contribution < 1.29 is 0 Å². The van der Waals surface area contributed by atoms with Crippen molar-refractivity contribution in [1.82, 2.24) is 0 Å². The summed E-state index contributed by atoms with van der Waals surface area (Å²) < 4.78 is 0. The maximum absolute atomic E-state index is 2.16. The van der Waals surface area contributed by atoms with Crippen LogP contribution in [-0.2, 0) is 0 Å². The largest absolute Gasteiger partial charge is 0.0876 e. The Labute approximate surface area is 157 Å². The van der Waals surface area contributed by atoms with Gasteiger partial charge in [-0.15, -0.1) is 0 Å². The minimum atomic E-state index is 1.21. The fraction of sp³-hybridized carbons (Fsp3) is 0.0769. The number of hydrogen-bond donors (Lipinski definition) is 0. The lowest BCUT2D eigenvalue weighted by Crippen LogP contribution is -1.79. The van der Waals surface area contributed by atoms with Crippen molar-refractivity contribution in [1.29, 1.82) is 0 Å². The second-order valence-corrected chi connectivity index (χ2v) is 5.91. The fourth-order valence-electron chi connectivity index (χ4n) is 2.36. The molecular weight excluding hydrogens is 312 g/mol. The van der Waals surface area contributed by atoms with Gasteiger partial charge in [-0.3, -0.25) is 0 Å². The van der Waals surface area contributed by atoms with E-state index in [4.69, 9.17) is 0 Å². The van der Waals surface area contributed by atoms with Crippen LogP contribution in [0.5, 0.6) is 0 Å². The van der Waals surface area contributed by atoms with Gasteiger partial charge in [0.2, 0.25) is 0 Å². The molecule has 130 valence electrons. The lowest BCUT2D eigenvalue weighted by atomic mass is 10.0. The molecule has 0 aliphatic carbocycles. The highest BCUT2D eigenvalue weighted by Gasteiger charge is 1.95. The summed E-state index contributed by atoms with van der Waals surface area (Å²) >= 11 is 0. The van der Waals surface area contributed by atoms with Gasteiger partial charge < -0.3 is 0 Å². The molecular formula is C26H26. The molecule has 0 bridgehead atoms. The number of aryl methyl sites for hydroxylation is 1. The molecule has 0 saturated carbocycles. The van der Waals surface area contributed by atoms with Gasteiger partial charge in [0.1, 0.15) is 0 Å². The Morgan fingerprint density at radius 3 is 1.73 bits per heavy atom. The molecule has 0 radical (unpaired) electrons. The molecule has 0 nitrogen and oxygen atoms in total. The van der Waals surface area contributed by atoms with E-state index in [0.29, 0.717) is 0 Å². The molecule has 0 atom stereocenters. The van der Waals surface area contributed by atoms with Crippen LogP contribution in [0, 0.1) is 6.92 Å². The van der Waals surface area contributed by atoms with Gasteiger partial charge in [-0.25, -0.2) is 0 Å². The van der Waals surface area contributed by atoms with E-state index in [1.807, 2.05) is 43.3 Å². The first-order valence-corrected chi connectivity index (χ1v) is 8.93. The van der Waals surface area contributed by atoms with Gasteiger partial charge in [0.25, 0.3) is 0 Å². The maximum Gasteiger partial charge on any atom is -0.0184 e. The van der Waals surface area contributed by atoms with E-state index in [1.54, 1.807) is 0 Å². The summed E-state index contributed by atoms with van der Waals surface area (Å²) in [5, 5.41) is 0. The zero-order valence-corrected chi connectivity index (χ0v) is 15.5. The molecule has 0 aliphatic heterocycles. The predicted octanol–water partition coefficient (Wildman–Crippen LogP) is 7.35. The van der Waals surface area contributed by atoms with Crippen molar-refractivity contribution in [2.45, 2.75) is 13.8 Å². The molecule has 3 aromatic rings. The molecule has 26 heavy (non-hydrogen) atoms. The van der Waals surface area contributed by atoms with Gasteiger partial charge in [0.15, 0.2) is 0 Å². The molecule has 0 heteroatoms. The first-order chi connectivity index (χ1) is 12.8. The van der Waals surface area contributed by atoms with Gasteiger partial charge in [0.05, 0.1) is 0 Å². The quantitative estimate of drug-likeness (QED) is 0.436. The standard InChI is InChI=1S/C19H18.C7H8/c1-2-3-12-19(18-13-8-5-9-14-18)16-15-17-10-6-4-7-11-17;1-7-5-3-2-4-6-7/h2-16H,1H3;2-6H,1H3/b3-2+,16-15-,19-12+;. The third-order valence-corrected chi connectivity index (χ3v) is 3.77. The summed E-state index contributed by atoms with van der Waals surface area (Å²) in [5.74, 6) is 0. The molecule has 0 fully saturated rings. The van der Waals surface area contributed by atoms with Crippen LogP contribution < -0.4 is 0 Å². The number of hydrogen-bond acceptors (Lipinski definition) is 0. The van der Waals surface area contributed by atoms with Gasteiger partial charge >= 0.3 is 0 Å². The van der Waals surface area contributed by atoms with Gasteiger partial charge in [-0.05, 0) is 30.5 Å². The van der Waals surface area contributed by atoms with Crippen LogP contribution in [-0.4, -0.2) is 0 Å². The van der Waals surface area contributed by atoms with Crippen LogP contribution in [0.1, 0.15) is 23.6 Å². The van der Waals surface area contributed by atoms with Crippen LogP contribution in [0.4, 0.5) is 0 Å². The van der Waals surface area contributed by atoms with E-state index in [-0.39, 0.29) is 0 Å². The highest BCUT2D eigenvalue weighted by Crippen LogP contribution is 2.17. The minimum absolute atomic E-state index is 1.21. The monoisotopic (exact) mass is 338 g/mol. The molecule has 0 aliphatic rings. The Hall–Kier alpha value is -3.12. The summed E-state index contributed by atoms with van der Waals surface area (Å²) in [6.07, 6.45) is 10.5. The molecule has 0 N–H and O–H groups in total. The highest BCUT2D eigenvalue weighted by atomic mass is 14.0. The molecule has 3 rings (SSSR count). The Bertz CT molecular complexity index is 823. The smallest absolute Gasteiger partial charge is 0.0184 e. The molecule has 0 heterocycles. The molecule has 0 amide bonds. The lowest BCUT2D eigenvalue weighted by molar-refractivity contribution is 1.48. The average Bonchev–Trinajstić information content (AvgIpc) is 2.71. The number of allylic oxidation sites excluding steroid dienone is 5. The second-order valence-electron chi connectivity index (χ2n) is 5.91. The second kappa shape index (κ2) is 11.4. The zero-order chi connectivity index (χ0) is 18.5. The molecule has 0 unspecified atom stereocenters. The third kappa shape index (κ3) is 7.19. The zero-order valence-electron chi connectivity index (χ0n) is 15.5. The first kappa shape index (κ1) is 19.2. The van der Waals surface area contributed by atoms with Crippen molar-refractivity contribution in [3.05, 3.63) is 132 Å². The van der Waals surface area contributed by atoms with Crippen LogP contribution in [0.3, 0.4) is 0 Å². The SMILES string of the molecule is C/C=C/C=C(\C=C/c1ccccc1)c1ccccc1.Cc1ccccc1.